The fraction of sp³-hybridized carbons (Fsp3) is 0.821. The number of likely N-dealkylation sites (N-methyl/N-ethyl adjacent to an activating group) is 1. The van der Waals surface area contributed by atoms with E-state index in [2.05, 4.69) is 37.9 Å². The molecule has 188 valence electrons. The van der Waals surface area contributed by atoms with Crippen molar-refractivity contribution in [1.29, 1.82) is 0 Å². The quantitative estimate of drug-likeness (QED) is 0.335. The summed E-state index contributed by atoms with van der Waals surface area (Å²) in [6.07, 6.45) is 15.9. The van der Waals surface area contributed by atoms with Gasteiger partial charge in [-0.05, 0) is 63.3 Å². The van der Waals surface area contributed by atoms with Crippen molar-refractivity contribution in [1.82, 2.24) is 9.80 Å². The molecule has 1 saturated carbocycles. The summed E-state index contributed by atoms with van der Waals surface area (Å²) in [5.74, 6) is 1.95. The Morgan fingerprint density at radius 1 is 1.21 bits per heavy atom. The Hall–Kier alpha value is -1.17. The highest BCUT2D eigenvalue weighted by Crippen LogP contribution is 2.48. The first-order chi connectivity index (χ1) is 15.9. The highest BCUT2D eigenvalue weighted by molar-refractivity contribution is 5.76. The zero-order valence-corrected chi connectivity index (χ0v) is 21.3. The van der Waals surface area contributed by atoms with Gasteiger partial charge >= 0.3 is 0 Å². The van der Waals surface area contributed by atoms with Gasteiger partial charge < -0.3 is 20.0 Å². The van der Waals surface area contributed by atoms with Gasteiger partial charge in [-0.15, -0.1) is 0 Å². The third-order valence-corrected chi connectivity index (χ3v) is 8.19. The Labute approximate surface area is 201 Å². The second-order valence-corrected chi connectivity index (χ2v) is 11.1. The first kappa shape index (κ1) is 26.4. The topological polar surface area (TPSA) is 64.0 Å². The Bertz CT molecular complexity index is 668. The number of fused-ring (bicyclic) bond motifs is 1. The fourth-order valence-corrected chi connectivity index (χ4v) is 6.05. The number of piperazine rings is 1. The summed E-state index contributed by atoms with van der Waals surface area (Å²) in [5.41, 5.74) is 1.51. The number of unbranched alkanes of at least 4 members (excludes halogenated alkanes) is 2. The van der Waals surface area contributed by atoms with Crippen LogP contribution >= 0.6 is 0 Å². The molecule has 3 aliphatic rings. The average Bonchev–Trinajstić information content (AvgIpc) is 3.30. The molecule has 33 heavy (non-hydrogen) atoms. The number of aliphatic hydroxyl groups is 2. The molecule has 0 aromatic heterocycles. The van der Waals surface area contributed by atoms with Gasteiger partial charge in [0, 0.05) is 38.5 Å². The van der Waals surface area contributed by atoms with Gasteiger partial charge in [0.1, 0.15) is 0 Å². The zero-order chi connectivity index (χ0) is 23.8. The molecular weight excluding hydrogens is 412 g/mol. The van der Waals surface area contributed by atoms with Crippen molar-refractivity contribution in [3.63, 3.8) is 0 Å². The molecule has 1 heterocycles. The third kappa shape index (κ3) is 7.93. The molecule has 6 atom stereocenters. The number of carbonyl (C=O) groups excluding carboxylic acids is 1. The molecular formula is C28H48N2O3. The maximum absolute atomic E-state index is 12.4. The zero-order valence-electron chi connectivity index (χ0n) is 21.3. The third-order valence-electron chi connectivity index (χ3n) is 8.19. The minimum atomic E-state index is -0.408. The van der Waals surface area contributed by atoms with Crippen molar-refractivity contribution in [3.05, 3.63) is 23.8 Å². The van der Waals surface area contributed by atoms with Gasteiger partial charge in [-0.25, -0.2) is 0 Å². The molecule has 5 heteroatoms. The van der Waals surface area contributed by atoms with E-state index in [-0.39, 0.29) is 12.0 Å². The Morgan fingerprint density at radius 3 is 2.70 bits per heavy atom. The van der Waals surface area contributed by atoms with E-state index in [0.717, 1.165) is 64.7 Å². The summed E-state index contributed by atoms with van der Waals surface area (Å²) in [6, 6.07) is 0. The smallest absolute Gasteiger partial charge is 0.222 e. The number of rotatable bonds is 12. The van der Waals surface area contributed by atoms with Crippen LogP contribution in [0.15, 0.2) is 23.8 Å². The van der Waals surface area contributed by atoms with Crippen LogP contribution < -0.4 is 0 Å². The maximum Gasteiger partial charge on any atom is 0.222 e. The summed E-state index contributed by atoms with van der Waals surface area (Å²) in [4.78, 5) is 16.7. The molecule has 0 spiro atoms. The highest BCUT2D eigenvalue weighted by atomic mass is 16.3. The first-order valence-electron chi connectivity index (χ1n) is 13.6. The normalized spacial score (nSPS) is 30.0. The summed E-state index contributed by atoms with van der Waals surface area (Å²) in [7, 11) is 2.11. The van der Waals surface area contributed by atoms with Gasteiger partial charge in [-0.1, -0.05) is 56.9 Å². The van der Waals surface area contributed by atoms with Crippen LogP contribution in [-0.4, -0.2) is 71.4 Å². The van der Waals surface area contributed by atoms with Crippen LogP contribution in [0.2, 0.25) is 0 Å². The number of nitrogens with zero attached hydrogens (tertiary/aromatic N) is 2. The van der Waals surface area contributed by atoms with E-state index >= 15 is 0 Å². The summed E-state index contributed by atoms with van der Waals surface area (Å²) in [6.45, 7) is 8.13. The van der Waals surface area contributed by atoms with Gasteiger partial charge in [0.25, 0.3) is 0 Å². The number of hydrogen-bond donors (Lipinski definition) is 2. The van der Waals surface area contributed by atoms with Crippen molar-refractivity contribution in [3.8, 4) is 0 Å². The predicted molar refractivity (Wildman–Crippen MR) is 135 cm³/mol. The molecule has 1 saturated heterocycles. The summed E-state index contributed by atoms with van der Waals surface area (Å²) < 4.78 is 0. The monoisotopic (exact) mass is 460 g/mol. The van der Waals surface area contributed by atoms with Crippen molar-refractivity contribution in [2.75, 3.05) is 33.2 Å². The molecule has 0 unspecified atom stereocenters. The van der Waals surface area contributed by atoms with Crippen molar-refractivity contribution in [2.24, 2.45) is 23.7 Å². The molecule has 1 aliphatic heterocycles. The van der Waals surface area contributed by atoms with Gasteiger partial charge in [0.05, 0.1) is 12.2 Å². The Morgan fingerprint density at radius 2 is 1.97 bits per heavy atom. The molecule has 2 aliphatic carbocycles. The minimum absolute atomic E-state index is 0.156. The Balaban J connectivity index is 1.37. The molecule has 3 rings (SSSR count). The Kier molecular flexibility index (Phi) is 10.5. The summed E-state index contributed by atoms with van der Waals surface area (Å²) >= 11 is 0. The van der Waals surface area contributed by atoms with E-state index in [1.807, 2.05) is 11.0 Å². The van der Waals surface area contributed by atoms with E-state index in [1.54, 1.807) is 0 Å². The van der Waals surface area contributed by atoms with Crippen LogP contribution in [0, 0.1) is 23.7 Å². The van der Waals surface area contributed by atoms with E-state index in [0.29, 0.717) is 30.1 Å². The standard InChI is InChI=1S/C28H48N2O3/c1-4-5-8-21(2)17-24(31)11-12-25-26-19-22(18-23(26)20-27(25)32)9-6-7-10-28(33)30-15-13-29(3)14-16-30/h11-12,18,21,23-27,31-32H,4-10,13-17,19-20H2,1-3H3/t21-,23-,24+,25+,26-,27+/m0/s1. The van der Waals surface area contributed by atoms with Gasteiger partial charge in [-0.2, -0.15) is 0 Å². The lowest BCUT2D eigenvalue weighted by Crippen LogP contribution is -2.47. The van der Waals surface area contributed by atoms with Crippen molar-refractivity contribution < 1.29 is 15.0 Å². The van der Waals surface area contributed by atoms with E-state index in [1.165, 1.54) is 24.8 Å². The van der Waals surface area contributed by atoms with E-state index < -0.39 is 6.10 Å². The number of amides is 1. The molecule has 2 N–H and O–H groups in total. The fourth-order valence-electron chi connectivity index (χ4n) is 6.05. The number of carbonyl (C=O) groups is 1. The SMILES string of the molecule is CCCC[C@H](C)C[C@H](O)C=C[C@@H]1[C@H]2CC(CCCCC(=O)N3CCN(C)CC3)=C[C@H]2C[C@H]1O. The second kappa shape index (κ2) is 13.1. The predicted octanol–water partition coefficient (Wildman–Crippen LogP) is 4.40. The molecule has 0 aromatic carbocycles. The molecule has 0 aromatic rings. The van der Waals surface area contributed by atoms with Gasteiger partial charge in [0.15, 0.2) is 0 Å². The average molecular weight is 461 g/mol. The molecule has 0 radical (unpaired) electrons. The minimum Gasteiger partial charge on any atom is -0.392 e. The number of aliphatic hydroxyl groups excluding tert-OH is 2. The van der Waals surface area contributed by atoms with Crippen LogP contribution in [-0.2, 0) is 4.79 Å². The largest absolute Gasteiger partial charge is 0.392 e. The lowest BCUT2D eigenvalue weighted by Gasteiger charge is -2.32. The van der Waals surface area contributed by atoms with Gasteiger partial charge in [0.2, 0.25) is 5.91 Å². The van der Waals surface area contributed by atoms with Crippen LogP contribution in [0.3, 0.4) is 0 Å². The molecule has 2 fully saturated rings. The van der Waals surface area contributed by atoms with Crippen molar-refractivity contribution >= 4 is 5.91 Å². The van der Waals surface area contributed by atoms with Crippen LogP contribution in [0.5, 0.6) is 0 Å². The van der Waals surface area contributed by atoms with Crippen LogP contribution in [0.4, 0.5) is 0 Å². The van der Waals surface area contributed by atoms with Crippen LogP contribution in [0.25, 0.3) is 0 Å². The lowest BCUT2D eigenvalue weighted by molar-refractivity contribution is -0.132. The summed E-state index contributed by atoms with van der Waals surface area (Å²) in [5, 5.41) is 21.0. The number of allylic oxidation sites excluding steroid dienone is 2. The van der Waals surface area contributed by atoms with Crippen molar-refractivity contribution in [2.45, 2.75) is 90.3 Å². The second-order valence-electron chi connectivity index (χ2n) is 11.1. The number of hydrogen-bond acceptors (Lipinski definition) is 4. The molecule has 1 amide bonds. The first-order valence-corrected chi connectivity index (χ1v) is 13.6. The maximum atomic E-state index is 12.4. The van der Waals surface area contributed by atoms with E-state index in [4.69, 9.17) is 0 Å². The van der Waals surface area contributed by atoms with Gasteiger partial charge in [-0.3, -0.25) is 4.79 Å². The molecule has 5 nitrogen and oxygen atoms in total. The highest BCUT2D eigenvalue weighted by Gasteiger charge is 2.43. The molecule has 0 bridgehead atoms. The van der Waals surface area contributed by atoms with E-state index in [9.17, 15) is 15.0 Å². The van der Waals surface area contributed by atoms with Crippen LogP contribution in [0.1, 0.15) is 78.1 Å². The lowest BCUT2D eigenvalue weighted by atomic mass is 9.88.